The second-order valence-corrected chi connectivity index (χ2v) is 6.82. The number of nitrogens with one attached hydrogen (secondary N) is 1. The second-order valence-electron chi connectivity index (χ2n) is 6.82. The van der Waals surface area contributed by atoms with E-state index in [4.69, 9.17) is 10.7 Å². The Hall–Kier alpha value is -3.58. The Morgan fingerprint density at radius 2 is 1.83 bits per heavy atom. The topological polar surface area (TPSA) is 110 Å². The molecule has 146 valence electrons. The lowest BCUT2D eigenvalue weighted by Crippen LogP contribution is -2.28. The highest BCUT2D eigenvalue weighted by molar-refractivity contribution is 5.91. The number of phenols is 1. The summed E-state index contributed by atoms with van der Waals surface area (Å²) in [4.78, 5) is 17.5. The standard InChI is InChI=1S/C22H22N6O/c1-2-16(23)12-26-21-17-5-3-4-6-19(17)27-22(28-21)18-9-14(7-8-20(18)29)15-10-24-13-25-11-15/h3-11,13,16,29H,2,12,23H2,1H3,(H,26,27,28). The highest BCUT2D eigenvalue weighted by Gasteiger charge is 2.14. The van der Waals surface area contributed by atoms with E-state index >= 15 is 0 Å². The van der Waals surface area contributed by atoms with E-state index in [-0.39, 0.29) is 11.8 Å². The number of fused-ring (bicyclic) bond motifs is 1. The van der Waals surface area contributed by atoms with Gasteiger partial charge in [0.1, 0.15) is 17.9 Å². The van der Waals surface area contributed by atoms with Crippen LogP contribution in [-0.4, -0.2) is 37.6 Å². The molecule has 4 N–H and O–H groups in total. The maximum absolute atomic E-state index is 10.5. The Morgan fingerprint density at radius 3 is 2.62 bits per heavy atom. The average molecular weight is 386 g/mol. The minimum Gasteiger partial charge on any atom is -0.507 e. The van der Waals surface area contributed by atoms with Gasteiger partial charge in [-0.15, -0.1) is 0 Å². The van der Waals surface area contributed by atoms with Crippen LogP contribution in [0.15, 0.2) is 61.2 Å². The van der Waals surface area contributed by atoms with E-state index in [1.54, 1.807) is 18.5 Å². The van der Waals surface area contributed by atoms with Crippen LogP contribution in [0.1, 0.15) is 13.3 Å². The zero-order valence-electron chi connectivity index (χ0n) is 16.1. The number of phenolic OH excluding ortho intramolecular Hbond substituents is 1. The quantitative estimate of drug-likeness (QED) is 0.464. The number of nitrogens with zero attached hydrogens (tertiary/aromatic N) is 4. The smallest absolute Gasteiger partial charge is 0.165 e. The Balaban J connectivity index is 1.81. The fourth-order valence-electron chi connectivity index (χ4n) is 3.05. The van der Waals surface area contributed by atoms with Gasteiger partial charge in [-0.25, -0.2) is 19.9 Å². The van der Waals surface area contributed by atoms with E-state index in [1.807, 2.05) is 43.3 Å². The molecule has 7 heteroatoms. The number of nitrogens with two attached hydrogens (primary N) is 1. The van der Waals surface area contributed by atoms with Crippen molar-refractivity contribution in [3.63, 3.8) is 0 Å². The fourth-order valence-corrected chi connectivity index (χ4v) is 3.05. The van der Waals surface area contributed by atoms with Crippen molar-refractivity contribution in [2.75, 3.05) is 11.9 Å². The second kappa shape index (κ2) is 8.20. The average Bonchev–Trinajstić information content (AvgIpc) is 2.78. The Labute approximate surface area is 168 Å². The molecule has 0 saturated carbocycles. The number of hydrogen-bond acceptors (Lipinski definition) is 7. The molecule has 4 rings (SSSR count). The summed E-state index contributed by atoms with van der Waals surface area (Å²) in [6.45, 7) is 2.65. The van der Waals surface area contributed by atoms with Crippen molar-refractivity contribution in [3.05, 3.63) is 61.2 Å². The lowest BCUT2D eigenvalue weighted by Gasteiger charge is -2.14. The van der Waals surface area contributed by atoms with Gasteiger partial charge in [-0.2, -0.15) is 0 Å². The molecule has 0 saturated heterocycles. The van der Waals surface area contributed by atoms with Crippen LogP contribution in [0, 0.1) is 0 Å². The number of rotatable bonds is 6. The van der Waals surface area contributed by atoms with Gasteiger partial charge in [0.2, 0.25) is 0 Å². The zero-order chi connectivity index (χ0) is 20.2. The summed E-state index contributed by atoms with van der Waals surface area (Å²) in [6, 6.07) is 13.1. The highest BCUT2D eigenvalue weighted by atomic mass is 16.3. The third-order valence-electron chi connectivity index (χ3n) is 4.79. The molecule has 2 aromatic carbocycles. The number of aromatic nitrogens is 4. The monoisotopic (exact) mass is 386 g/mol. The maximum atomic E-state index is 10.5. The first-order valence-electron chi connectivity index (χ1n) is 9.50. The highest BCUT2D eigenvalue weighted by Crippen LogP contribution is 2.33. The van der Waals surface area contributed by atoms with Crippen molar-refractivity contribution in [1.82, 2.24) is 19.9 Å². The Kier molecular flexibility index (Phi) is 5.31. The van der Waals surface area contributed by atoms with Crippen LogP contribution in [0.5, 0.6) is 5.75 Å². The molecule has 1 atom stereocenters. The number of hydrogen-bond donors (Lipinski definition) is 3. The van der Waals surface area contributed by atoms with Crippen molar-refractivity contribution < 1.29 is 5.11 Å². The Bertz CT molecular complexity index is 1130. The van der Waals surface area contributed by atoms with Crippen molar-refractivity contribution in [2.45, 2.75) is 19.4 Å². The number of para-hydroxylation sites is 1. The van der Waals surface area contributed by atoms with Gasteiger partial charge in [0.25, 0.3) is 0 Å². The molecule has 4 aromatic rings. The summed E-state index contributed by atoms with van der Waals surface area (Å²) >= 11 is 0. The molecule has 0 spiro atoms. The number of anilines is 1. The van der Waals surface area contributed by atoms with Gasteiger partial charge in [0.05, 0.1) is 11.1 Å². The van der Waals surface area contributed by atoms with Crippen molar-refractivity contribution in [2.24, 2.45) is 5.73 Å². The van der Waals surface area contributed by atoms with E-state index in [2.05, 4.69) is 20.3 Å². The van der Waals surface area contributed by atoms with Crippen LogP contribution >= 0.6 is 0 Å². The van der Waals surface area contributed by atoms with E-state index < -0.39 is 0 Å². The molecule has 0 aliphatic heterocycles. The largest absolute Gasteiger partial charge is 0.507 e. The van der Waals surface area contributed by atoms with E-state index in [0.29, 0.717) is 23.8 Å². The molecule has 0 amide bonds. The molecule has 29 heavy (non-hydrogen) atoms. The SMILES string of the molecule is CCC(N)CNc1nc(-c2cc(-c3cncnc3)ccc2O)nc2ccccc12. The molecule has 0 aliphatic carbocycles. The van der Waals surface area contributed by atoms with E-state index in [1.165, 1.54) is 6.33 Å². The van der Waals surface area contributed by atoms with Crippen molar-refractivity contribution in [1.29, 1.82) is 0 Å². The van der Waals surface area contributed by atoms with Crippen LogP contribution in [0.25, 0.3) is 33.4 Å². The van der Waals surface area contributed by atoms with Crippen molar-refractivity contribution >= 4 is 16.7 Å². The van der Waals surface area contributed by atoms with E-state index in [9.17, 15) is 5.11 Å². The molecule has 1 unspecified atom stereocenters. The molecule has 2 heterocycles. The third-order valence-corrected chi connectivity index (χ3v) is 4.79. The van der Waals surface area contributed by atoms with Crippen molar-refractivity contribution in [3.8, 4) is 28.3 Å². The van der Waals surface area contributed by atoms with Gasteiger partial charge >= 0.3 is 0 Å². The lowest BCUT2D eigenvalue weighted by atomic mass is 10.0. The van der Waals surface area contributed by atoms with Gasteiger partial charge in [-0.1, -0.05) is 25.1 Å². The summed E-state index contributed by atoms with van der Waals surface area (Å²) in [7, 11) is 0. The first kappa shape index (κ1) is 18.8. The van der Waals surface area contributed by atoms with Gasteiger partial charge in [0, 0.05) is 35.9 Å². The normalized spacial score (nSPS) is 12.1. The molecule has 2 aromatic heterocycles. The first-order chi connectivity index (χ1) is 14.2. The van der Waals surface area contributed by atoms with Crippen LogP contribution in [0.2, 0.25) is 0 Å². The van der Waals surface area contributed by atoms with Gasteiger partial charge < -0.3 is 16.2 Å². The lowest BCUT2D eigenvalue weighted by molar-refractivity contribution is 0.477. The first-order valence-corrected chi connectivity index (χ1v) is 9.50. The minimum atomic E-state index is 0.0296. The zero-order valence-corrected chi connectivity index (χ0v) is 16.1. The van der Waals surface area contributed by atoms with Crippen LogP contribution < -0.4 is 11.1 Å². The number of aromatic hydroxyl groups is 1. The Morgan fingerprint density at radius 1 is 1.03 bits per heavy atom. The van der Waals surface area contributed by atoms with Crippen LogP contribution in [-0.2, 0) is 0 Å². The summed E-state index contributed by atoms with van der Waals surface area (Å²) in [5, 5.41) is 14.7. The predicted octanol–water partition coefficient (Wildman–Crippen LogP) is 3.61. The molecular weight excluding hydrogens is 364 g/mol. The molecule has 0 aliphatic rings. The fraction of sp³-hybridized carbons (Fsp3) is 0.182. The van der Waals surface area contributed by atoms with Gasteiger partial charge in [-0.05, 0) is 36.2 Å². The maximum Gasteiger partial charge on any atom is 0.165 e. The van der Waals surface area contributed by atoms with Crippen LogP contribution in [0.4, 0.5) is 5.82 Å². The summed E-state index contributed by atoms with van der Waals surface area (Å²) in [6.07, 6.45) is 5.80. The summed E-state index contributed by atoms with van der Waals surface area (Å²) in [5.74, 6) is 1.24. The van der Waals surface area contributed by atoms with Crippen LogP contribution in [0.3, 0.4) is 0 Å². The summed E-state index contributed by atoms with van der Waals surface area (Å²) in [5.41, 5.74) is 9.12. The minimum absolute atomic E-state index is 0.0296. The van der Waals surface area contributed by atoms with Gasteiger partial charge in [-0.3, -0.25) is 0 Å². The molecule has 7 nitrogen and oxygen atoms in total. The summed E-state index contributed by atoms with van der Waals surface area (Å²) < 4.78 is 0. The van der Waals surface area contributed by atoms with E-state index in [0.717, 1.165) is 28.5 Å². The predicted molar refractivity (Wildman–Crippen MR) is 114 cm³/mol. The molecule has 0 fully saturated rings. The third kappa shape index (κ3) is 4.00. The molecule has 0 bridgehead atoms. The number of benzene rings is 2. The van der Waals surface area contributed by atoms with Gasteiger partial charge in [0.15, 0.2) is 5.82 Å². The molecule has 0 radical (unpaired) electrons. The molecular formula is C22H22N6O.